The molecule has 2 aromatic carbocycles. The second-order valence-corrected chi connectivity index (χ2v) is 5.73. The van der Waals surface area contributed by atoms with Gasteiger partial charge in [0.05, 0.1) is 11.2 Å². The highest BCUT2D eigenvalue weighted by Gasteiger charge is 2.17. The van der Waals surface area contributed by atoms with Gasteiger partial charge in [-0.2, -0.15) is 0 Å². The number of anilines is 1. The quantitative estimate of drug-likeness (QED) is 0.780. The zero-order valence-corrected chi connectivity index (χ0v) is 12.6. The molecular weight excluding hydrogens is 291 g/mol. The van der Waals surface area contributed by atoms with Crippen LogP contribution in [0.3, 0.4) is 0 Å². The third-order valence-corrected chi connectivity index (χ3v) is 4.13. The first kappa shape index (κ1) is 14.1. The molecule has 2 N–H and O–H groups in total. The van der Waals surface area contributed by atoms with Gasteiger partial charge in [-0.05, 0) is 31.2 Å². The topological polar surface area (TPSA) is 49.8 Å². The van der Waals surface area contributed by atoms with Crippen LogP contribution in [0.4, 0.5) is 10.3 Å². The first-order valence-electron chi connectivity index (χ1n) is 7.80. The molecule has 1 aromatic heterocycles. The van der Waals surface area contributed by atoms with Crippen molar-refractivity contribution in [3.8, 4) is 11.3 Å². The Hall–Kier alpha value is -2.53. The van der Waals surface area contributed by atoms with Gasteiger partial charge in [0.25, 0.3) is 0 Å². The molecule has 23 heavy (non-hydrogen) atoms. The van der Waals surface area contributed by atoms with Crippen molar-refractivity contribution in [1.82, 2.24) is 15.3 Å². The molecule has 0 radical (unpaired) electrons. The summed E-state index contributed by atoms with van der Waals surface area (Å²) < 4.78 is 14.2. The van der Waals surface area contributed by atoms with Crippen molar-refractivity contribution in [2.75, 3.05) is 18.4 Å². The molecule has 0 amide bonds. The zero-order chi connectivity index (χ0) is 15.6. The molecule has 4 nitrogen and oxygen atoms in total. The van der Waals surface area contributed by atoms with Gasteiger partial charge in [-0.1, -0.05) is 30.3 Å². The number of para-hydroxylation sites is 1. The minimum atomic E-state index is -0.273. The predicted molar refractivity (Wildman–Crippen MR) is 89.8 cm³/mol. The lowest BCUT2D eigenvalue weighted by molar-refractivity contribution is 0.631. The SMILES string of the molecule is Fc1ccccc1-c1nc(N[C@H]2CCNC2)nc2ccccc12. The molecule has 1 atom stereocenters. The van der Waals surface area contributed by atoms with E-state index in [1.807, 2.05) is 30.3 Å². The Morgan fingerprint density at radius 1 is 1.04 bits per heavy atom. The molecule has 0 saturated carbocycles. The van der Waals surface area contributed by atoms with Crippen molar-refractivity contribution in [3.05, 3.63) is 54.3 Å². The van der Waals surface area contributed by atoms with E-state index in [1.54, 1.807) is 12.1 Å². The van der Waals surface area contributed by atoms with E-state index in [4.69, 9.17) is 0 Å². The van der Waals surface area contributed by atoms with Gasteiger partial charge >= 0.3 is 0 Å². The van der Waals surface area contributed by atoms with Crippen LogP contribution in [-0.2, 0) is 0 Å². The van der Waals surface area contributed by atoms with E-state index in [2.05, 4.69) is 20.6 Å². The Labute approximate surface area is 133 Å². The van der Waals surface area contributed by atoms with E-state index in [0.29, 0.717) is 23.2 Å². The van der Waals surface area contributed by atoms with E-state index in [1.165, 1.54) is 6.07 Å². The molecule has 1 fully saturated rings. The van der Waals surface area contributed by atoms with Crippen molar-refractivity contribution in [2.24, 2.45) is 0 Å². The third kappa shape index (κ3) is 2.75. The molecule has 1 aliphatic rings. The lowest BCUT2D eigenvalue weighted by Crippen LogP contribution is -2.23. The number of hydrogen-bond acceptors (Lipinski definition) is 4. The molecule has 5 heteroatoms. The van der Waals surface area contributed by atoms with Crippen molar-refractivity contribution >= 4 is 16.9 Å². The number of aromatic nitrogens is 2. The summed E-state index contributed by atoms with van der Waals surface area (Å²) in [5.41, 5.74) is 1.94. The van der Waals surface area contributed by atoms with Gasteiger partial charge in [0.15, 0.2) is 0 Å². The highest BCUT2D eigenvalue weighted by atomic mass is 19.1. The molecule has 0 spiro atoms. The maximum absolute atomic E-state index is 14.2. The summed E-state index contributed by atoms with van der Waals surface area (Å²) >= 11 is 0. The van der Waals surface area contributed by atoms with Gasteiger partial charge in [0, 0.05) is 23.5 Å². The van der Waals surface area contributed by atoms with Crippen LogP contribution in [0, 0.1) is 5.82 Å². The molecule has 1 saturated heterocycles. The molecule has 4 rings (SSSR count). The highest BCUT2D eigenvalue weighted by molar-refractivity contribution is 5.93. The van der Waals surface area contributed by atoms with E-state index in [0.717, 1.165) is 30.4 Å². The van der Waals surface area contributed by atoms with Crippen LogP contribution in [-0.4, -0.2) is 29.1 Å². The fourth-order valence-corrected chi connectivity index (χ4v) is 2.96. The van der Waals surface area contributed by atoms with Gasteiger partial charge in [-0.3, -0.25) is 0 Å². The Balaban J connectivity index is 1.85. The largest absolute Gasteiger partial charge is 0.350 e. The lowest BCUT2D eigenvalue weighted by Gasteiger charge is -2.14. The summed E-state index contributed by atoms with van der Waals surface area (Å²) in [5, 5.41) is 7.52. The Kier molecular flexibility index (Phi) is 3.63. The van der Waals surface area contributed by atoms with Crippen LogP contribution in [0.25, 0.3) is 22.2 Å². The third-order valence-electron chi connectivity index (χ3n) is 4.13. The summed E-state index contributed by atoms with van der Waals surface area (Å²) in [7, 11) is 0. The van der Waals surface area contributed by atoms with E-state index in [-0.39, 0.29) is 5.82 Å². The normalized spacial score (nSPS) is 17.5. The first-order chi connectivity index (χ1) is 11.3. The van der Waals surface area contributed by atoms with Gasteiger partial charge in [-0.25, -0.2) is 14.4 Å². The molecule has 116 valence electrons. The number of halogens is 1. The molecular formula is C18H17FN4. The van der Waals surface area contributed by atoms with E-state index < -0.39 is 0 Å². The number of fused-ring (bicyclic) bond motifs is 1. The zero-order valence-electron chi connectivity index (χ0n) is 12.6. The van der Waals surface area contributed by atoms with Gasteiger partial charge < -0.3 is 10.6 Å². The number of nitrogens with one attached hydrogen (secondary N) is 2. The summed E-state index contributed by atoms with van der Waals surface area (Å²) in [5.74, 6) is 0.278. The average molecular weight is 308 g/mol. The Morgan fingerprint density at radius 2 is 1.87 bits per heavy atom. The van der Waals surface area contributed by atoms with Crippen molar-refractivity contribution in [2.45, 2.75) is 12.5 Å². The fourth-order valence-electron chi connectivity index (χ4n) is 2.96. The van der Waals surface area contributed by atoms with Gasteiger partial charge in [0.1, 0.15) is 5.82 Å². The van der Waals surface area contributed by atoms with E-state index in [9.17, 15) is 4.39 Å². The number of nitrogens with zero attached hydrogens (tertiary/aromatic N) is 2. The van der Waals surface area contributed by atoms with Gasteiger partial charge in [0.2, 0.25) is 5.95 Å². The molecule has 0 bridgehead atoms. The maximum atomic E-state index is 14.2. The average Bonchev–Trinajstić information content (AvgIpc) is 3.08. The second-order valence-electron chi connectivity index (χ2n) is 5.73. The molecule has 1 aliphatic heterocycles. The van der Waals surface area contributed by atoms with Crippen LogP contribution in [0.1, 0.15) is 6.42 Å². The van der Waals surface area contributed by atoms with Crippen LogP contribution in [0.5, 0.6) is 0 Å². The monoisotopic (exact) mass is 308 g/mol. The van der Waals surface area contributed by atoms with Crippen molar-refractivity contribution in [1.29, 1.82) is 0 Å². The van der Waals surface area contributed by atoms with Gasteiger partial charge in [-0.15, -0.1) is 0 Å². The molecule has 2 heterocycles. The first-order valence-corrected chi connectivity index (χ1v) is 7.80. The highest BCUT2D eigenvalue weighted by Crippen LogP contribution is 2.29. The minimum Gasteiger partial charge on any atom is -0.350 e. The lowest BCUT2D eigenvalue weighted by atomic mass is 10.1. The fraction of sp³-hybridized carbons (Fsp3) is 0.222. The summed E-state index contributed by atoms with van der Waals surface area (Å²) in [6.45, 7) is 1.89. The van der Waals surface area contributed by atoms with Crippen molar-refractivity contribution < 1.29 is 4.39 Å². The number of benzene rings is 2. The van der Waals surface area contributed by atoms with Crippen LogP contribution in [0.2, 0.25) is 0 Å². The Bertz CT molecular complexity index is 843. The Morgan fingerprint density at radius 3 is 2.70 bits per heavy atom. The number of hydrogen-bond donors (Lipinski definition) is 2. The maximum Gasteiger partial charge on any atom is 0.224 e. The van der Waals surface area contributed by atoms with Crippen molar-refractivity contribution in [3.63, 3.8) is 0 Å². The second kappa shape index (κ2) is 5.93. The number of rotatable bonds is 3. The molecule has 0 aliphatic carbocycles. The smallest absolute Gasteiger partial charge is 0.224 e. The van der Waals surface area contributed by atoms with Crippen LogP contribution in [0.15, 0.2) is 48.5 Å². The summed E-state index contributed by atoms with van der Waals surface area (Å²) in [6.07, 6.45) is 1.03. The van der Waals surface area contributed by atoms with E-state index >= 15 is 0 Å². The minimum absolute atomic E-state index is 0.273. The molecule has 0 unspecified atom stereocenters. The van der Waals surface area contributed by atoms with Crippen LogP contribution < -0.4 is 10.6 Å². The molecule has 3 aromatic rings. The summed E-state index contributed by atoms with van der Waals surface area (Å²) in [6, 6.07) is 14.7. The standard InChI is InChI=1S/C18H17FN4/c19-15-7-3-1-5-13(15)17-14-6-2-4-8-16(14)22-18(23-17)21-12-9-10-20-11-12/h1-8,12,20H,9-11H2,(H,21,22,23)/t12-/m0/s1. The summed E-state index contributed by atoms with van der Waals surface area (Å²) in [4.78, 5) is 9.19. The predicted octanol–water partition coefficient (Wildman–Crippen LogP) is 3.21. The van der Waals surface area contributed by atoms with Crippen LogP contribution >= 0.6 is 0 Å².